The molecule has 0 aromatic carbocycles. The SMILES string of the molecule is CCC(C)CCN(O)C(=O)CNCC(C)O. The van der Waals surface area contributed by atoms with Crippen molar-refractivity contribution in [3.05, 3.63) is 0 Å². The molecule has 2 unspecified atom stereocenters. The third-order valence-electron chi connectivity index (χ3n) is 2.53. The van der Waals surface area contributed by atoms with Crippen LogP contribution in [0.15, 0.2) is 0 Å². The van der Waals surface area contributed by atoms with Crippen LogP contribution in [-0.2, 0) is 4.79 Å². The number of nitrogens with one attached hydrogen (secondary N) is 1. The van der Waals surface area contributed by atoms with Crippen molar-refractivity contribution in [2.45, 2.75) is 39.7 Å². The lowest BCUT2D eigenvalue weighted by Crippen LogP contribution is -2.38. The number of aliphatic hydroxyl groups is 1. The van der Waals surface area contributed by atoms with Gasteiger partial charge in [-0.25, -0.2) is 5.06 Å². The van der Waals surface area contributed by atoms with E-state index in [1.807, 2.05) is 0 Å². The van der Waals surface area contributed by atoms with E-state index < -0.39 is 6.10 Å². The summed E-state index contributed by atoms with van der Waals surface area (Å²) in [4.78, 5) is 11.4. The highest BCUT2D eigenvalue weighted by atomic mass is 16.5. The quantitative estimate of drug-likeness (QED) is 0.423. The molecule has 0 saturated heterocycles. The minimum absolute atomic E-state index is 0.0574. The summed E-state index contributed by atoms with van der Waals surface area (Å²) in [5, 5.41) is 21.9. The van der Waals surface area contributed by atoms with Crippen LogP contribution in [0.3, 0.4) is 0 Å². The maximum Gasteiger partial charge on any atom is 0.259 e. The highest BCUT2D eigenvalue weighted by Crippen LogP contribution is 2.06. The Morgan fingerprint density at radius 2 is 2.06 bits per heavy atom. The van der Waals surface area contributed by atoms with Gasteiger partial charge in [-0.2, -0.15) is 0 Å². The molecule has 3 N–H and O–H groups in total. The Morgan fingerprint density at radius 3 is 2.56 bits per heavy atom. The van der Waals surface area contributed by atoms with E-state index in [0.29, 0.717) is 19.0 Å². The molecule has 0 radical (unpaired) electrons. The number of rotatable bonds is 8. The lowest BCUT2D eigenvalue weighted by Gasteiger charge is -2.17. The molecule has 0 aliphatic carbocycles. The fourth-order valence-electron chi connectivity index (χ4n) is 1.15. The normalized spacial score (nSPS) is 14.6. The summed E-state index contributed by atoms with van der Waals surface area (Å²) in [6, 6.07) is 0. The molecule has 0 saturated carbocycles. The van der Waals surface area contributed by atoms with Gasteiger partial charge in [0.15, 0.2) is 0 Å². The number of carbonyl (C=O) groups excluding carboxylic acids is 1. The molecule has 0 rings (SSSR count). The van der Waals surface area contributed by atoms with Crippen molar-refractivity contribution < 1.29 is 15.1 Å². The number of aliphatic hydroxyl groups excluding tert-OH is 1. The summed E-state index contributed by atoms with van der Waals surface area (Å²) in [5.41, 5.74) is 0. The zero-order chi connectivity index (χ0) is 12.6. The molecule has 96 valence electrons. The van der Waals surface area contributed by atoms with Crippen LogP contribution in [-0.4, -0.2) is 47.0 Å². The molecule has 5 heteroatoms. The lowest BCUT2D eigenvalue weighted by atomic mass is 10.1. The molecule has 5 nitrogen and oxygen atoms in total. The van der Waals surface area contributed by atoms with Gasteiger partial charge in [-0.3, -0.25) is 10.0 Å². The van der Waals surface area contributed by atoms with Crippen molar-refractivity contribution in [3.63, 3.8) is 0 Å². The van der Waals surface area contributed by atoms with Crippen LogP contribution in [0.25, 0.3) is 0 Å². The molecule has 2 atom stereocenters. The second kappa shape index (κ2) is 8.50. The Balaban J connectivity index is 3.65. The van der Waals surface area contributed by atoms with Crippen LogP contribution in [0.1, 0.15) is 33.6 Å². The van der Waals surface area contributed by atoms with Gasteiger partial charge in [0, 0.05) is 13.1 Å². The minimum Gasteiger partial charge on any atom is -0.392 e. The predicted octanol–water partition coefficient (Wildman–Crippen LogP) is 0.611. The van der Waals surface area contributed by atoms with Crippen molar-refractivity contribution in [2.75, 3.05) is 19.6 Å². The summed E-state index contributed by atoms with van der Waals surface area (Å²) >= 11 is 0. The van der Waals surface area contributed by atoms with E-state index in [-0.39, 0.29) is 12.5 Å². The average Bonchev–Trinajstić information content (AvgIpc) is 2.24. The van der Waals surface area contributed by atoms with E-state index in [4.69, 9.17) is 5.11 Å². The molecule has 16 heavy (non-hydrogen) atoms. The maximum atomic E-state index is 11.4. The van der Waals surface area contributed by atoms with Gasteiger partial charge >= 0.3 is 0 Å². The van der Waals surface area contributed by atoms with Gasteiger partial charge in [-0.15, -0.1) is 0 Å². The highest BCUT2D eigenvalue weighted by molar-refractivity contribution is 5.76. The van der Waals surface area contributed by atoms with E-state index in [1.54, 1.807) is 6.92 Å². The van der Waals surface area contributed by atoms with Crippen LogP contribution in [0.5, 0.6) is 0 Å². The van der Waals surface area contributed by atoms with E-state index in [0.717, 1.165) is 17.9 Å². The third-order valence-corrected chi connectivity index (χ3v) is 2.53. The Kier molecular flexibility index (Phi) is 8.15. The first kappa shape index (κ1) is 15.3. The lowest BCUT2D eigenvalue weighted by molar-refractivity contribution is -0.164. The van der Waals surface area contributed by atoms with Crippen molar-refractivity contribution >= 4 is 5.91 Å². The number of carbonyl (C=O) groups is 1. The van der Waals surface area contributed by atoms with Gasteiger partial charge in [-0.1, -0.05) is 20.3 Å². The van der Waals surface area contributed by atoms with Gasteiger partial charge in [0.05, 0.1) is 12.6 Å². The summed E-state index contributed by atoms with van der Waals surface area (Å²) in [7, 11) is 0. The van der Waals surface area contributed by atoms with E-state index in [2.05, 4.69) is 19.2 Å². The van der Waals surface area contributed by atoms with Crippen molar-refractivity contribution in [3.8, 4) is 0 Å². The number of hydrogen-bond donors (Lipinski definition) is 3. The summed E-state index contributed by atoms with van der Waals surface area (Å²) in [5.74, 6) is 0.150. The summed E-state index contributed by atoms with van der Waals surface area (Å²) in [6.45, 7) is 6.58. The number of nitrogens with zero attached hydrogens (tertiary/aromatic N) is 1. The predicted molar refractivity (Wildman–Crippen MR) is 62.1 cm³/mol. The molecule has 0 heterocycles. The van der Waals surface area contributed by atoms with Crippen molar-refractivity contribution in [1.82, 2.24) is 10.4 Å². The highest BCUT2D eigenvalue weighted by Gasteiger charge is 2.11. The molecule has 0 bridgehead atoms. The Morgan fingerprint density at radius 1 is 1.44 bits per heavy atom. The monoisotopic (exact) mass is 232 g/mol. The molecule has 0 aliphatic heterocycles. The number of hydroxylamine groups is 2. The van der Waals surface area contributed by atoms with Crippen LogP contribution < -0.4 is 5.32 Å². The molecule has 0 spiro atoms. The molecule has 1 amide bonds. The van der Waals surface area contributed by atoms with Gasteiger partial charge in [0.1, 0.15) is 0 Å². The third kappa shape index (κ3) is 7.62. The van der Waals surface area contributed by atoms with Gasteiger partial charge in [-0.05, 0) is 19.3 Å². The fraction of sp³-hybridized carbons (Fsp3) is 0.909. The average molecular weight is 232 g/mol. The zero-order valence-corrected chi connectivity index (χ0v) is 10.4. The fourth-order valence-corrected chi connectivity index (χ4v) is 1.15. The Hall–Kier alpha value is -0.650. The van der Waals surface area contributed by atoms with Gasteiger partial charge in [0.25, 0.3) is 5.91 Å². The standard InChI is InChI=1S/C11H24N2O3/c1-4-9(2)5-6-13(16)11(15)8-12-7-10(3)14/h9-10,12,14,16H,4-8H2,1-3H3. The molecular weight excluding hydrogens is 208 g/mol. The maximum absolute atomic E-state index is 11.4. The minimum atomic E-state index is -0.486. The zero-order valence-electron chi connectivity index (χ0n) is 10.4. The topological polar surface area (TPSA) is 72.8 Å². The smallest absolute Gasteiger partial charge is 0.259 e. The molecule has 0 aromatic heterocycles. The first-order valence-electron chi connectivity index (χ1n) is 5.85. The van der Waals surface area contributed by atoms with Crippen LogP contribution in [0.2, 0.25) is 0 Å². The largest absolute Gasteiger partial charge is 0.392 e. The number of hydrogen-bond acceptors (Lipinski definition) is 4. The number of amides is 1. The molecule has 0 aliphatic rings. The van der Waals surface area contributed by atoms with Crippen LogP contribution in [0, 0.1) is 5.92 Å². The Bertz CT molecular complexity index is 198. The molecule has 0 fully saturated rings. The first-order chi connectivity index (χ1) is 7.47. The van der Waals surface area contributed by atoms with E-state index in [1.165, 1.54) is 0 Å². The second-order valence-corrected chi connectivity index (χ2v) is 4.30. The summed E-state index contributed by atoms with van der Waals surface area (Å²) < 4.78 is 0. The molecule has 0 aromatic rings. The second-order valence-electron chi connectivity index (χ2n) is 4.30. The van der Waals surface area contributed by atoms with Crippen molar-refractivity contribution in [1.29, 1.82) is 0 Å². The molecular formula is C11H24N2O3. The van der Waals surface area contributed by atoms with Crippen LogP contribution >= 0.6 is 0 Å². The van der Waals surface area contributed by atoms with Crippen molar-refractivity contribution in [2.24, 2.45) is 5.92 Å². The first-order valence-corrected chi connectivity index (χ1v) is 5.85. The van der Waals surface area contributed by atoms with E-state index in [9.17, 15) is 10.0 Å². The Labute approximate surface area is 97.4 Å². The van der Waals surface area contributed by atoms with Gasteiger partial charge in [0.2, 0.25) is 0 Å². The van der Waals surface area contributed by atoms with Crippen LogP contribution in [0.4, 0.5) is 0 Å². The van der Waals surface area contributed by atoms with Gasteiger partial charge < -0.3 is 10.4 Å². The van der Waals surface area contributed by atoms with E-state index >= 15 is 0 Å². The summed E-state index contributed by atoms with van der Waals surface area (Å²) in [6.07, 6.45) is 1.36.